The van der Waals surface area contributed by atoms with E-state index in [2.05, 4.69) is 13.8 Å². The smallest absolute Gasteiger partial charge is 0.325 e. The largest absolute Gasteiger partial charge is 0.465 e. The van der Waals surface area contributed by atoms with Crippen LogP contribution in [-0.4, -0.2) is 36.5 Å². The van der Waals surface area contributed by atoms with Crippen molar-refractivity contribution in [2.45, 2.75) is 47.0 Å². The molecule has 0 fully saturated rings. The fourth-order valence-corrected chi connectivity index (χ4v) is 1.49. The third-order valence-corrected chi connectivity index (χ3v) is 2.41. The third kappa shape index (κ3) is 7.77. The van der Waals surface area contributed by atoms with Gasteiger partial charge in [0.05, 0.1) is 6.61 Å². The fraction of sp³-hybridized carbons (Fsp3) is 0.846. The van der Waals surface area contributed by atoms with Gasteiger partial charge in [-0.15, -0.1) is 0 Å². The molecular formula is C13H25NO3. The van der Waals surface area contributed by atoms with Crippen LogP contribution in [0.4, 0.5) is 0 Å². The summed E-state index contributed by atoms with van der Waals surface area (Å²) in [6, 6.07) is 0. The van der Waals surface area contributed by atoms with Gasteiger partial charge in [0.25, 0.3) is 0 Å². The van der Waals surface area contributed by atoms with E-state index in [4.69, 9.17) is 4.74 Å². The highest BCUT2D eigenvalue weighted by molar-refractivity contribution is 5.82. The summed E-state index contributed by atoms with van der Waals surface area (Å²) in [7, 11) is 0. The molecule has 0 atom stereocenters. The Morgan fingerprint density at radius 1 is 1.24 bits per heavy atom. The zero-order valence-electron chi connectivity index (χ0n) is 11.5. The molecule has 0 heterocycles. The molecule has 0 aliphatic heterocycles. The van der Waals surface area contributed by atoms with Gasteiger partial charge in [-0.3, -0.25) is 9.59 Å². The Morgan fingerprint density at radius 2 is 1.88 bits per heavy atom. The predicted octanol–water partition coefficient (Wildman–Crippen LogP) is 2.22. The maximum Gasteiger partial charge on any atom is 0.325 e. The van der Waals surface area contributed by atoms with Crippen molar-refractivity contribution in [1.29, 1.82) is 0 Å². The van der Waals surface area contributed by atoms with Crippen molar-refractivity contribution in [3.05, 3.63) is 0 Å². The molecular weight excluding hydrogens is 218 g/mol. The number of esters is 1. The first kappa shape index (κ1) is 15.9. The van der Waals surface area contributed by atoms with E-state index in [9.17, 15) is 9.59 Å². The van der Waals surface area contributed by atoms with Crippen LogP contribution in [0.25, 0.3) is 0 Å². The first-order valence-corrected chi connectivity index (χ1v) is 6.44. The van der Waals surface area contributed by atoms with E-state index in [1.807, 2.05) is 6.92 Å². The molecule has 0 saturated heterocycles. The lowest BCUT2D eigenvalue weighted by Crippen LogP contribution is -2.37. The Morgan fingerprint density at radius 3 is 2.35 bits per heavy atom. The lowest BCUT2D eigenvalue weighted by molar-refractivity contribution is -0.149. The van der Waals surface area contributed by atoms with Gasteiger partial charge in [0.15, 0.2) is 0 Å². The van der Waals surface area contributed by atoms with Gasteiger partial charge in [-0.25, -0.2) is 0 Å². The van der Waals surface area contributed by atoms with E-state index in [0.717, 1.165) is 12.8 Å². The van der Waals surface area contributed by atoms with Crippen LogP contribution in [0.5, 0.6) is 0 Å². The number of hydrogen-bond donors (Lipinski definition) is 0. The highest BCUT2D eigenvalue weighted by Gasteiger charge is 2.16. The quantitative estimate of drug-likeness (QED) is 0.614. The number of ether oxygens (including phenoxy) is 1. The van der Waals surface area contributed by atoms with Crippen LogP contribution < -0.4 is 0 Å². The van der Waals surface area contributed by atoms with E-state index < -0.39 is 0 Å². The minimum atomic E-state index is -0.321. The second-order valence-corrected chi connectivity index (χ2v) is 4.55. The monoisotopic (exact) mass is 243 g/mol. The van der Waals surface area contributed by atoms with Crippen LogP contribution in [0.2, 0.25) is 0 Å². The summed E-state index contributed by atoms with van der Waals surface area (Å²) in [6.07, 6.45) is 2.23. The van der Waals surface area contributed by atoms with Crippen LogP contribution in [0.15, 0.2) is 0 Å². The van der Waals surface area contributed by atoms with Gasteiger partial charge < -0.3 is 9.64 Å². The van der Waals surface area contributed by atoms with E-state index >= 15 is 0 Å². The third-order valence-electron chi connectivity index (χ3n) is 2.41. The van der Waals surface area contributed by atoms with Crippen molar-refractivity contribution in [3.8, 4) is 0 Å². The molecule has 100 valence electrons. The fourth-order valence-electron chi connectivity index (χ4n) is 1.49. The van der Waals surface area contributed by atoms with Gasteiger partial charge in [0, 0.05) is 13.0 Å². The minimum absolute atomic E-state index is 0.0496. The molecule has 0 aliphatic carbocycles. The van der Waals surface area contributed by atoms with Gasteiger partial charge in [-0.1, -0.05) is 20.8 Å². The lowest BCUT2D eigenvalue weighted by Gasteiger charge is -2.21. The normalized spacial score (nSPS) is 10.4. The minimum Gasteiger partial charge on any atom is -0.465 e. The summed E-state index contributed by atoms with van der Waals surface area (Å²) in [4.78, 5) is 24.8. The van der Waals surface area contributed by atoms with E-state index in [-0.39, 0.29) is 18.4 Å². The highest BCUT2D eigenvalue weighted by atomic mass is 16.5. The Bertz CT molecular complexity index is 239. The van der Waals surface area contributed by atoms with Crippen molar-refractivity contribution in [3.63, 3.8) is 0 Å². The molecule has 0 spiro atoms. The summed E-state index contributed by atoms with van der Waals surface area (Å²) >= 11 is 0. The van der Waals surface area contributed by atoms with Crippen molar-refractivity contribution < 1.29 is 14.3 Å². The van der Waals surface area contributed by atoms with Crippen LogP contribution in [0, 0.1) is 5.92 Å². The SMILES string of the molecule is CCCN(CC(=O)OCC)C(=O)CCC(C)C. The number of carbonyl (C=O) groups is 2. The molecule has 0 unspecified atom stereocenters. The molecule has 0 rings (SSSR count). The van der Waals surface area contributed by atoms with Crippen LogP contribution in [0.3, 0.4) is 0 Å². The Balaban J connectivity index is 4.20. The summed E-state index contributed by atoms with van der Waals surface area (Å²) in [5.41, 5.74) is 0. The summed E-state index contributed by atoms with van der Waals surface area (Å²) in [5, 5.41) is 0. The van der Waals surface area contributed by atoms with Gasteiger partial charge in [-0.2, -0.15) is 0 Å². The van der Waals surface area contributed by atoms with Crippen LogP contribution in [-0.2, 0) is 14.3 Å². The maximum atomic E-state index is 11.9. The van der Waals surface area contributed by atoms with Crippen molar-refractivity contribution in [2.75, 3.05) is 19.7 Å². The zero-order valence-corrected chi connectivity index (χ0v) is 11.5. The summed E-state index contributed by atoms with van der Waals surface area (Å²) in [5.74, 6) is 0.234. The average Bonchev–Trinajstić information content (AvgIpc) is 2.25. The number of hydrogen-bond acceptors (Lipinski definition) is 3. The molecule has 4 nitrogen and oxygen atoms in total. The molecule has 0 bridgehead atoms. The van der Waals surface area contributed by atoms with Gasteiger partial charge in [-0.05, 0) is 25.7 Å². The topological polar surface area (TPSA) is 46.6 Å². The molecule has 0 aromatic carbocycles. The maximum absolute atomic E-state index is 11.9. The second kappa shape index (κ2) is 9.02. The molecule has 0 N–H and O–H groups in total. The molecule has 0 saturated carbocycles. The lowest BCUT2D eigenvalue weighted by atomic mass is 10.1. The number of amides is 1. The Labute approximate surface area is 104 Å². The molecule has 17 heavy (non-hydrogen) atoms. The Hall–Kier alpha value is -1.06. The number of carbonyl (C=O) groups excluding carboxylic acids is 2. The Kier molecular flexibility index (Phi) is 8.46. The van der Waals surface area contributed by atoms with Gasteiger partial charge >= 0.3 is 5.97 Å². The molecule has 0 aromatic rings. The van der Waals surface area contributed by atoms with E-state index in [1.54, 1.807) is 11.8 Å². The summed E-state index contributed by atoms with van der Waals surface area (Å²) in [6.45, 7) is 9.00. The van der Waals surface area contributed by atoms with E-state index in [1.165, 1.54) is 0 Å². The van der Waals surface area contributed by atoms with Crippen molar-refractivity contribution in [2.24, 2.45) is 5.92 Å². The van der Waals surface area contributed by atoms with E-state index in [0.29, 0.717) is 25.5 Å². The number of nitrogens with zero attached hydrogens (tertiary/aromatic N) is 1. The average molecular weight is 243 g/mol. The van der Waals surface area contributed by atoms with Crippen LogP contribution >= 0.6 is 0 Å². The molecule has 0 aliphatic rings. The van der Waals surface area contributed by atoms with Crippen molar-refractivity contribution >= 4 is 11.9 Å². The van der Waals surface area contributed by atoms with Crippen molar-refractivity contribution in [1.82, 2.24) is 4.90 Å². The first-order chi connectivity index (χ1) is 8.01. The van der Waals surface area contributed by atoms with Gasteiger partial charge in [0.2, 0.25) is 5.91 Å². The molecule has 0 aromatic heterocycles. The zero-order chi connectivity index (χ0) is 13.3. The van der Waals surface area contributed by atoms with Gasteiger partial charge in [0.1, 0.15) is 6.54 Å². The standard InChI is InChI=1S/C13H25NO3/c1-5-9-14(10-13(16)17-6-2)12(15)8-7-11(3)4/h11H,5-10H2,1-4H3. The molecule has 4 heteroatoms. The molecule has 0 radical (unpaired) electrons. The van der Waals surface area contributed by atoms with Crippen LogP contribution in [0.1, 0.15) is 47.0 Å². The number of rotatable bonds is 8. The predicted molar refractivity (Wildman–Crippen MR) is 67.6 cm³/mol. The highest BCUT2D eigenvalue weighted by Crippen LogP contribution is 2.07. The summed E-state index contributed by atoms with van der Waals surface area (Å²) < 4.78 is 4.86. The molecule has 1 amide bonds. The second-order valence-electron chi connectivity index (χ2n) is 4.55. The first-order valence-electron chi connectivity index (χ1n) is 6.44.